The molecule has 0 saturated heterocycles. The minimum absolute atomic E-state index is 0.0609. The van der Waals surface area contributed by atoms with Crippen molar-refractivity contribution in [2.24, 2.45) is 0 Å². The molecule has 1 unspecified atom stereocenters. The maximum absolute atomic E-state index is 11.9. The number of imidazole rings is 2. The van der Waals surface area contributed by atoms with Crippen molar-refractivity contribution < 1.29 is 58.7 Å². The lowest BCUT2D eigenvalue weighted by atomic mass is 10.1. The Morgan fingerprint density at radius 2 is 1.52 bits per heavy atom. The fourth-order valence-electron chi connectivity index (χ4n) is 2.38. The molecule has 7 nitrogen and oxygen atoms in total. The van der Waals surface area contributed by atoms with Crippen LogP contribution < -0.4 is 9.13 Å². The number of aliphatic hydroxyl groups excluding tert-OH is 2. The van der Waals surface area contributed by atoms with Crippen LogP contribution in [-0.4, -0.2) is 46.7 Å². The number of carbonyl (C=O) groups excluding carboxylic acids is 1. The number of H-pyrrole nitrogens is 1. The van der Waals surface area contributed by atoms with Crippen LogP contribution in [-0.2, 0) is 17.9 Å². The first-order valence-electron chi connectivity index (χ1n) is 8.88. The van der Waals surface area contributed by atoms with E-state index >= 15 is 0 Å². The number of Topliss-reactive ketones (excluding diaryl/α,β-unsaturated/α-hetero) is 1. The first-order valence-corrected chi connectivity index (χ1v) is 8.88. The summed E-state index contributed by atoms with van der Waals surface area (Å²) in [5, 5.41) is 19.2. The number of rotatable bonds is 7. The van der Waals surface area contributed by atoms with Crippen molar-refractivity contribution in [3.8, 4) is 5.95 Å². The van der Waals surface area contributed by atoms with Gasteiger partial charge in [0.25, 0.3) is 0 Å². The van der Waals surface area contributed by atoms with Gasteiger partial charge in [0.2, 0.25) is 6.10 Å². The zero-order valence-electron chi connectivity index (χ0n) is 16.5. The molecule has 31 heavy (non-hydrogen) atoms. The maximum atomic E-state index is 11.9. The molecule has 2 heterocycles. The minimum atomic E-state index is -6.00. The Balaban J connectivity index is 0.000000752. The number of nitrogens with zero attached hydrogens (tertiary/aromatic N) is 3. The Hall–Kier alpha value is -2.42. The molecule has 0 fully saturated rings. The number of hydrogen-bond acceptors (Lipinski definition) is 3. The zero-order valence-corrected chi connectivity index (χ0v) is 16.5. The number of aryl methyl sites for hydroxylation is 2. The molecular weight excluding hydrogens is 446 g/mol. The van der Waals surface area contributed by atoms with Crippen molar-refractivity contribution >= 4 is 20.3 Å². The van der Waals surface area contributed by atoms with Gasteiger partial charge in [-0.05, 0) is 13.8 Å². The van der Waals surface area contributed by atoms with E-state index in [2.05, 4.69) is 4.98 Å². The van der Waals surface area contributed by atoms with E-state index in [1.54, 1.807) is 10.8 Å². The molecule has 3 N–H and O–H groups in total. The molecule has 0 aliphatic heterocycles. The van der Waals surface area contributed by atoms with Gasteiger partial charge in [0.15, 0.2) is 5.78 Å². The normalized spacial score (nSPS) is 12.4. The highest BCUT2D eigenvalue weighted by Crippen LogP contribution is 2.15. The van der Waals surface area contributed by atoms with Crippen molar-refractivity contribution in [2.45, 2.75) is 39.5 Å². The number of aromatic nitrogens is 4. The lowest BCUT2D eigenvalue weighted by Gasteiger charge is -2.08. The number of halogens is 8. The molecule has 17 heteroatoms. The van der Waals surface area contributed by atoms with Crippen molar-refractivity contribution in [1.82, 2.24) is 9.55 Å². The first kappa shape index (κ1) is 28.6. The van der Waals surface area contributed by atoms with E-state index < -0.39 is 26.4 Å². The predicted octanol–water partition coefficient (Wildman–Crippen LogP) is 2.01. The van der Waals surface area contributed by atoms with Crippen molar-refractivity contribution in [3.63, 3.8) is 0 Å². The molecule has 0 aromatic carbocycles. The van der Waals surface area contributed by atoms with Gasteiger partial charge < -0.3 is 44.7 Å². The minimum Gasteiger partial charge on any atom is -0.418 e. The largest absolute Gasteiger partial charge is 0.673 e. The Morgan fingerprint density at radius 1 is 1.03 bits per heavy atom. The average molecular weight is 468 g/mol. The molecule has 2 aromatic heterocycles. The number of carbonyl (C=O) groups is 1. The summed E-state index contributed by atoms with van der Waals surface area (Å²) in [5.41, 5.74) is 0. The van der Waals surface area contributed by atoms with Crippen LogP contribution in [0.1, 0.15) is 32.2 Å². The number of hydrogen-bond donors (Lipinski definition) is 3. The fraction of sp³-hybridized carbons (Fsp3) is 0.500. The molecule has 0 aliphatic carbocycles. The van der Waals surface area contributed by atoms with Crippen molar-refractivity contribution in [2.75, 3.05) is 6.61 Å². The Bertz CT molecular complexity index is 786. The monoisotopic (exact) mass is 468 g/mol. The standard InChI is InChI=1S/C14H21N4O3.2BF4/c1-3-16-8-9-18(14-15-6-7-17(14)4-2)13(16)12(21)11(20)5-10-19;2*2-1(3,4)5/h6-9,12,19,21H,3-5,10H2,1-2H3;;/q+1;2*-1/p+1. The second-order valence-corrected chi connectivity index (χ2v) is 5.71. The topological polar surface area (TPSA) is 86.0 Å². The van der Waals surface area contributed by atoms with Crippen LogP contribution in [0.2, 0.25) is 0 Å². The maximum Gasteiger partial charge on any atom is 0.673 e. The van der Waals surface area contributed by atoms with Gasteiger partial charge in [0.05, 0.1) is 32.1 Å². The molecule has 0 bridgehead atoms. The first-order chi connectivity index (χ1) is 14.1. The lowest BCUT2D eigenvalue weighted by molar-refractivity contribution is -0.706. The van der Waals surface area contributed by atoms with Crippen LogP contribution in [0.5, 0.6) is 0 Å². The van der Waals surface area contributed by atoms with E-state index in [-0.39, 0.29) is 13.0 Å². The summed E-state index contributed by atoms with van der Waals surface area (Å²) in [6.07, 6.45) is 6.02. The van der Waals surface area contributed by atoms with Crippen LogP contribution >= 0.6 is 0 Å². The van der Waals surface area contributed by atoms with Gasteiger partial charge in [-0.15, -0.1) is 4.57 Å². The highest BCUT2D eigenvalue weighted by atomic mass is 19.5. The van der Waals surface area contributed by atoms with Gasteiger partial charge >= 0.3 is 26.3 Å². The Kier molecular flexibility index (Phi) is 11.5. The summed E-state index contributed by atoms with van der Waals surface area (Å²) < 4.78 is 83.6. The molecule has 0 amide bonds. The van der Waals surface area contributed by atoms with E-state index in [1.807, 2.05) is 41.6 Å². The molecule has 0 spiro atoms. The highest BCUT2D eigenvalue weighted by molar-refractivity contribution is 6.50. The average Bonchev–Trinajstić information content (AvgIpc) is 3.24. The third-order valence-electron chi connectivity index (χ3n) is 3.49. The number of ketones is 1. The number of aromatic amines is 1. The summed E-state index contributed by atoms with van der Waals surface area (Å²) >= 11 is 0. The molecule has 0 aliphatic rings. The quantitative estimate of drug-likeness (QED) is 0.331. The summed E-state index contributed by atoms with van der Waals surface area (Å²) in [6, 6.07) is 0. The van der Waals surface area contributed by atoms with Crippen LogP contribution in [0.3, 0.4) is 0 Å². The lowest BCUT2D eigenvalue weighted by Crippen LogP contribution is -2.42. The second-order valence-electron chi connectivity index (χ2n) is 5.71. The van der Waals surface area contributed by atoms with Crippen LogP contribution in [0.25, 0.3) is 5.95 Å². The molecule has 178 valence electrons. The predicted molar refractivity (Wildman–Crippen MR) is 93.9 cm³/mol. The molecule has 0 saturated carbocycles. The van der Waals surface area contributed by atoms with Gasteiger partial charge in [-0.2, -0.15) is 0 Å². The van der Waals surface area contributed by atoms with Gasteiger partial charge in [-0.25, -0.2) is 14.1 Å². The van der Waals surface area contributed by atoms with Crippen molar-refractivity contribution in [1.29, 1.82) is 0 Å². The highest BCUT2D eigenvalue weighted by Gasteiger charge is 2.33. The van der Waals surface area contributed by atoms with Crippen LogP contribution in [0, 0.1) is 0 Å². The Labute approximate surface area is 172 Å². The van der Waals surface area contributed by atoms with E-state index in [0.717, 1.165) is 12.5 Å². The number of nitrogens with one attached hydrogen (secondary N) is 1. The fourth-order valence-corrected chi connectivity index (χ4v) is 2.38. The van der Waals surface area contributed by atoms with Gasteiger partial charge in [-0.3, -0.25) is 4.79 Å². The molecule has 1 atom stereocenters. The molecular formula is C14H22B2F8N4O3. The summed E-state index contributed by atoms with van der Waals surface area (Å²) in [7, 11) is -12.0. The smallest absolute Gasteiger partial charge is 0.418 e. The molecule has 2 rings (SSSR count). The van der Waals surface area contributed by atoms with E-state index in [4.69, 9.17) is 5.11 Å². The van der Waals surface area contributed by atoms with Crippen LogP contribution in [0.4, 0.5) is 34.5 Å². The van der Waals surface area contributed by atoms with Gasteiger partial charge in [-0.1, -0.05) is 0 Å². The summed E-state index contributed by atoms with van der Waals surface area (Å²) in [6.45, 7) is 5.10. The van der Waals surface area contributed by atoms with E-state index in [1.165, 1.54) is 0 Å². The Morgan fingerprint density at radius 3 is 1.94 bits per heavy atom. The van der Waals surface area contributed by atoms with E-state index in [0.29, 0.717) is 12.4 Å². The SMILES string of the molecule is CC[n+]1cc[nH]c1-n1cc[n+](CC)c1C(O)C(=O)CCO.F[B-](F)(F)F.F[B-](F)(F)F. The molecule has 2 aromatic rings. The van der Waals surface area contributed by atoms with Crippen LogP contribution in [0.15, 0.2) is 24.8 Å². The van der Waals surface area contributed by atoms with Gasteiger partial charge in [0.1, 0.15) is 12.4 Å². The second kappa shape index (κ2) is 12.4. The van der Waals surface area contributed by atoms with Crippen molar-refractivity contribution in [3.05, 3.63) is 30.6 Å². The third-order valence-corrected chi connectivity index (χ3v) is 3.49. The number of aliphatic hydroxyl groups is 2. The summed E-state index contributed by atoms with van der Waals surface area (Å²) in [4.78, 5) is 15.0. The third kappa shape index (κ3) is 11.5. The molecule has 0 radical (unpaired) electrons. The summed E-state index contributed by atoms with van der Waals surface area (Å²) in [5.74, 6) is 0.866. The zero-order chi connectivity index (χ0) is 24.4. The van der Waals surface area contributed by atoms with E-state index in [9.17, 15) is 44.4 Å². The van der Waals surface area contributed by atoms with Gasteiger partial charge in [0, 0.05) is 6.42 Å².